The van der Waals surface area contributed by atoms with Crippen LogP contribution in [0.4, 0.5) is 5.13 Å². The van der Waals surface area contributed by atoms with Gasteiger partial charge in [0.05, 0.1) is 5.69 Å². The van der Waals surface area contributed by atoms with E-state index < -0.39 is 0 Å². The number of likely N-dealkylation sites (tertiary alicyclic amines) is 1. The van der Waals surface area contributed by atoms with E-state index in [1.165, 1.54) is 11.3 Å². The number of thiazole rings is 1. The van der Waals surface area contributed by atoms with E-state index in [2.05, 4.69) is 10.3 Å². The summed E-state index contributed by atoms with van der Waals surface area (Å²) in [6.07, 6.45) is 1.37. The van der Waals surface area contributed by atoms with Crippen molar-refractivity contribution in [3.63, 3.8) is 0 Å². The fraction of sp³-hybridized carbons (Fsp3) is 0.421. The molecule has 3 rings (SSSR count). The number of carbonyl (C=O) groups is 2. The van der Waals surface area contributed by atoms with Crippen molar-refractivity contribution in [1.82, 2.24) is 9.88 Å². The minimum Gasteiger partial charge on any atom is -0.339 e. The van der Waals surface area contributed by atoms with Crippen LogP contribution in [0.1, 0.15) is 40.0 Å². The topological polar surface area (TPSA) is 62.3 Å². The van der Waals surface area contributed by atoms with Gasteiger partial charge in [0.15, 0.2) is 5.13 Å². The number of aryl methyl sites for hydroxylation is 2. The first-order valence-corrected chi connectivity index (χ1v) is 9.42. The fourth-order valence-corrected chi connectivity index (χ4v) is 3.81. The van der Waals surface area contributed by atoms with E-state index in [-0.39, 0.29) is 17.7 Å². The van der Waals surface area contributed by atoms with Gasteiger partial charge in [-0.2, -0.15) is 0 Å². The van der Waals surface area contributed by atoms with E-state index >= 15 is 0 Å². The number of rotatable bonds is 3. The second-order valence-corrected chi connectivity index (χ2v) is 7.46. The van der Waals surface area contributed by atoms with Crippen molar-refractivity contribution in [3.05, 3.63) is 46.0 Å². The molecule has 2 aromatic rings. The van der Waals surface area contributed by atoms with Crippen LogP contribution in [0.15, 0.2) is 23.6 Å². The summed E-state index contributed by atoms with van der Waals surface area (Å²) in [5.41, 5.74) is 3.83. The van der Waals surface area contributed by atoms with Crippen LogP contribution in [-0.4, -0.2) is 34.8 Å². The Bertz CT molecular complexity index is 792. The summed E-state index contributed by atoms with van der Waals surface area (Å²) >= 11 is 1.44. The van der Waals surface area contributed by atoms with Gasteiger partial charge in [0.1, 0.15) is 0 Å². The van der Waals surface area contributed by atoms with Crippen LogP contribution in [0, 0.1) is 26.7 Å². The Balaban J connectivity index is 1.58. The van der Waals surface area contributed by atoms with Gasteiger partial charge in [-0.1, -0.05) is 12.1 Å². The number of hydrogen-bond donors (Lipinski definition) is 1. The molecule has 1 aromatic carbocycles. The molecule has 0 saturated carbocycles. The number of anilines is 1. The maximum absolute atomic E-state index is 12.8. The van der Waals surface area contributed by atoms with Crippen molar-refractivity contribution in [1.29, 1.82) is 0 Å². The first-order valence-electron chi connectivity index (χ1n) is 8.54. The first-order chi connectivity index (χ1) is 12.0. The van der Waals surface area contributed by atoms with Crippen molar-refractivity contribution in [2.24, 2.45) is 5.92 Å². The van der Waals surface area contributed by atoms with E-state index in [4.69, 9.17) is 0 Å². The molecule has 1 aliphatic heterocycles. The zero-order valence-electron chi connectivity index (χ0n) is 14.8. The summed E-state index contributed by atoms with van der Waals surface area (Å²) in [4.78, 5) is 31.3. The molecule has 2 amide bonds. The number of benzene rings is 1. The van der Waals surface area contributed by atoms with Crippen LogP contribution in [0.2, 0.25) is 0 Å². The minimum atomic E-state index is -0.0631. The van der Waals surface area contributed by atoms with E-state index in [1.54, 1.807) is 0 Å². The largest absolute Gasteiger partial charge is 0.339 e. The molecule has 132 valence electrons. The summed E-state index contributed by atoms with van der Waals surface area (Å²) in [6, 6.07) is 5.82. The molecule has 0 unspecified atom stereocenters. The lowest BCUT2D eigenvalue weighted by Crippen LogP contribution is -2.41. The van der Waals surface area contributed by atoms with Gasteiger partial charge < -0.3 is 10.2 Å². The zero-order chi connectivity index (χ0) is 18.0. The van der Waals surface area contributed by atoms with Gasteiger partial charge >= 0.3 is 0 Å². The molecular weight excluding hydrogens is 334 g/mol. The van der Waals surface area contributed by atoms with Crippen molar-refractivity contribution < 1.29 is 9.59 Å². The van der Waals surface area contributed by atoms with Crippen LogP contribution in [0.25, 0.3) is 0 Å². The molecule has 1 aromatic heterocycles. The van der Waals surface area contributed by atoms with Crippen molar-refractivity contribution in [2.75, 3.05) is 18.4 Å². The Hall–Kier alpha value is -2.21. The van der Waals surface area contributed by atoms with Crippen molar-refractivity contribution >= 4 is 28.3 Å². The molecule has 0 atom stereocenters. The van der Waals surface area contributed by atoms with Gasteiger partial charge in [-0.25, -0.2) is 4.98 Å². The molecule has 2 heterocycles. The van der Waals surface area contributed by atoms with Crippen LogP contribution in [-0.2, 0) is 4.79 Å². The molecule has 25 heavy (non-hydrogen) atoms. The van der Waals surface area contributed by atoms with Crippen molar-refractivity contribution in [2.45, 2.75) is 33.6 Å². The number of nitrogens with zero attached hydrogens (tertiary/aromatic N) is 2. The molecule has 1 fully saturated rings. The number of piperidine rings is 1. The van der Waals surface area contributed by atoms with Gasteiger partial charge in [-0.3, -0.25) is 9.59 Å². The molecular formula is C19H23N3O2S. The normalized spacial score (nSPS) is 15.2. The lowest BCUT2D eigenvalue weighted by atomic mass is 9.94. The highest BCUT2D eigenvalue weighted by Crippen LogP contribution is 2.23. The standard InChI is InChI=1S/C19H23N3O2S/c1-12-5-4-6-16(14(12)3)18(24)22-9-7-15(8-10-22)17(23)21-19-20-13(2)11-25-19/h4-6,11,15H,7-10H2,1-3H3,(H,20,21,23). The molecule has 5 nitrogen and oxygen atoms in total. The van der Waals surface area contributed by atoms with Gasteiger partial charge in [-0.05, 0) is 50.8 Å². The van der Waals surface area contributed by atoms with E-state index in [9.17, 15) is 9.59 Å². The Kier molecular flexibility index (Phi) is 5.18. The highest BCUT2D eigenvalue weighted by Gasteiger charge is 2.28. The lowest BCUT2D eigenvalue weighted by molar-refractivity contribution is -0.121. The monoisotopic (exact) mass is 357 g/mol. The van der Waals surface area contributed by atoms with Crippen LogP contribution < -0.4 is 5.32 Å². The summed E-state index contributed by atoms with van der Waals surface area (Å²) < 4.78 is 0. The highest BCUT2D eigenvalue weighted by molar-refractivity contribution is 7.13. The van der Waals surface area contributed by atoms with Gasteiger partial charge in [-0.15, -0.1) is 11.3 Å². The van der Waals surface area contributed by atoms with E-state index in [0.29, 0.717) is 31.1 Å². The smallest absolute Gasteiger partial charge is 0.254 e. The van der Waals surface area contributed by atoms with Crippen molar-refractivity contribution in [3.8, 4) is 0 Å². The first kappa shape index (κ1) is 17.6. The SMILES string of the molecule is Cc1csc(NC(=O)C2CCN(C(=O)c3cccc(C)c3C)CC2)n1. The minimum absolute atomic E-state index is 0.00758. The predicted octanol–water partition coefficient (Wildman–Crippen LogP) is 3.56. The summed E-state index contributed by atoms with van der Waals surface area (Å²) in [5.74, 6) is 0.00986. The Labute approximate surface area is 152 Å². The summed E-state index contributed by atoms with van der Waals surface area (Å²) in [7, 11) is 0. The average Bonchev–Trinajstić information content (AvgIpc) is 3.01. The third-order valence-corrected chi connectivity index (χ3v) is 5.71. The lowest BCUT2D eigenvalue weighted by Gasteiger charge is -2.31. The average molecular weight is 357 g/mol. The van der Waals surface area contributed by atoms with Gasteiger partial charge in [0, 0.05) is 30.0 Å². The van der Waals surface area contributed by atoms with E-state index in [1.807, 2.05) is 49.3 Å². The third-order valence-electron chi connectivity index (χ3n) is 4.84. The molecule has 1 saturated heterocycles. The summed E-state index contributed by atoms with van der Waals surface area (Å²) in [6.45, 7) is 7.13. The van der Waals surface area contributed by atoms with Gasteiger partial charge in [0.2, 0.25) is 5.91 Å². The Morgan fingerprint density at radius 1 is 1.20 bits per heavy atom. The summed E-state index contributed by atoms with van der Waals surface area (Å²) in [5, 5.41) is 5.46. The second-order valence-electron chi connectivity index (χ2n) is 6.60. The quantitative estimate of drug-likeness (QED) is 0.913. The number of hydrogen-bond acceptors (Lipinski definition) is 4. The number of amides is 2. The molecule has 0 spiro atoms. The number of aromatic nitrogens is 1. The fourth-order valence-electron chi connectivity index (χ4n) is 3.12. The predicted molar refractivity (Wildman–Crippen MR) is 100 cm³/mol. The van der Waals surface area contributed by atoms with Crippen LogP contribution in [0.5, 0.6) is 0 Å². The molecule has 0 bridgehead atoms. The molecule has 6 heteroatoms. The molecule has 0 aliphatic carbocycles. The van der Waals surface area contributed by atoms with E-state index in [0.717, 1.165) is 22.4 Å². The second kappa shape index (κ2) is 7.35. The Morgan fingerprint density at radius 3 is 2.56 bits per heavy atom. The number of nitrogens with one attached hydrogen (secondary N) is 1. The molecule has 1 aliphatic rings. The Morgan fingerprint density at radius 2 is 1.92 bits per heavy atom. The maximum atomic E-state index is 12.8. The maximum Gasteiger partial charge on any atom is 0.254 e. The zero-order valence-corrected chi connectivity index (χ0v) is 15.7. The highest BCUT2D eigenvalue weighted by atomic mass is 32.1. The molecule has 1 N–H and O–H groups in total. The molecule has 0 radical (unpaired) electrons. The number of carbonyl (C=O) groups excluding carboxylic acids is 2. The van der Waals surface area contributed by atoms with Crippen LogP contribution in [0.3, 0.4) is 0 Å². The third kappa shape index (κ3) is 3.90. The van der Waals surface area contributed by atoms with Crippen LogP contribution >= 0.6 is 11.3 Å². The van der Waals surface area contributed by atoms with Gasteiger partial charge in [0.25, 0.3) is 5.91 Å².